The van der Waals surface area contributed by atoms with Crippen molar-refractivity contribution in [3.8, 4) is 55.6 Å². The lowest BCUT2D eigenvalue weighted by molar-refractivity contribution is 0.670. The molecule has 0 N–H and O–H groups in total. The molecule has 0 saturated carbocycles. The maximum absolute atomic E-state index is 6.50. The quantitative estimate of drug-likeness (QED) is 0.142. The summed E-state index contributed by atoms with van der Waals surface area (Å²) in [4.78, 5) is 2.42. The first kappa shape index (κ1) is 37.3. The summed E-state index contributed by atoms with van der Waals surface area (Å²) in [5, 5.41) is 7.29. The molecule has 0 aliphatic carbocycles. The van der Waals surface area contributed by atoms with Crippen LogP contribution in [0.4, 0.5) is 17.1 Å². The standard InChI is InChI=1S/C62H41NO/c1-3-15-43(16-4-1)52-21-9-10-23-57(52)61-54(44-17-5-2-6-18-44)24-14-27-59(61)63(50-38-33-46(34-39-50)55-25-13-26-58-56-22-11-12-28-60(56)64-62(55)58)49-36-31-42(32-37-49)47-35-40-53-48(41-47)30-29-45-19-7-8-20-51(45)53/h1-41H. The lowest BCUT2D eigenvalue weighted by Crippen LogP contribution is -2.12. The lowest BCUT2D eigenvalue weighted by Gasteiger charge is -2.30. The molecule has 12 rings (SSSR count). The molecule has 0 aliphatic rings. The number of hydrogen-bond donors (Lipinski definition) is 0. The Bertz CT molecular complexity index is 3640. The number of nitrogens with zero attached hydrogens (tertiary/aromatic N) is 1. The van der Waals surface area contributed by atoms with E-state index < -0.39 is 0 Å². The van der Waals surface area contributed by atoms with Gasteiger partial charge in [-0.15, -0.1) is 0 Å². The molecule has 0 amide bonds. The van der Waals surface area contributed by atoms with Gasteiger partial charge in [-0.05, 0) is 109 Å². The first-order chi connectivity index (χ1) is 31.7. The van der Waals surface area contributed by atoms with Crippen molar-refractivity contribution in [2.45, 2.75) is 0 Å². The van der Waals surface area contributed by atoms with Gasteiger partial charge in [0.1, 0.15) is 11.2 Å². The highest BCUT2D eigenvalue weighted by Crippen LogP contribution is 2.48. The maximum Gasteiger partial charge on any atom is 0.143 e. The molecule has 11 aromatic carbocycles. The minimum Gasteiger partial charge on any atom is -0.455 e. The molecule has 0 fully saturated rings. The van der Waals surface area contributed by atoms with Gasteiger partial charge in [0.15, 0.2) is 0 Å². The van der Waals surface area contributed by atoms with Gasteiger partial charge in [0, 0.05) is 33.3 Å². The average molecular weight is 816 g/mol. The van der Waals surface area contributed by atoms with Crippen LogP contribution in [0.2, 0.25) is 0 Å². The van der Waals surface area contributed by atoms with Crippen LogP contribution < -0.4 is 4.90 Å². The van der Waals surface area contributed by atoms with Crippen molar-refractivity contribution in [2.24, 2.45) is 0 Å². The van der Waals surface area contributed by atoms with E-state index in [0.29, 0.717) is 0 Å². The molecule has 1 aromatic heterocycles. The number of rotatable bonds is 8. The van der Waals surface area contributed by atoms with Crippen LogP contribution in [0.15, 0.2) is 253 Å². The number of fused-ring (bicyclic) bond motifs is 6. The van der Waals surface area contributed by atoms with Crippen LogP contribution in [0.5, 0.6) is 0 Å². The fraction of sp³-hybridized carbons (Fsp3) is 0. The van der Waals surface area contributed by atoms with Crippen LogP contribution in [-0.4, -0.2) is 0 Å². The summed E-state index contributed by atoms with van der Waals surface area (Å²) in [6.45, 7) is 0. The van der Waals surface area contributed by atoms with Gasteiger partial charge in [0.2, 0.25) is 0 Å². The number of furan rings is 1. The second-order valence-electron chi connectivity index (χ2n) is 16.4. The van der Waals surface area contributed by atoms with E-state index in [0.717, 1.165) is 61.3 Å². The Morgan fingerprint density at radius 1 is 0.281 bits per heavy atom. The van der Waals surface area contributed by atoms with Crippen LogP contribution in [-0.2, 0) is 0 Å². The summed E-state index contributed by atoms with van der Waals surface area (Å²) >= 11 is 0. The van der Waals surface area contributed by atoms with E-state index in [1.54, 1.807) is 0 Å². The molecule has 12 aromatic rings. The van der Waals surface area contributed by atoms with Crippen molar-refractivity contribution in [3.63, 3.8) is 0 Å². The summed E-state index contributed by atoms with van der Waals surface area (Å²) < 4.78 is 6.50. The molecule has 0 radical (unpaired) electrons. The summed E-state index contributed by atoms with van der Waals surface area (Å²) in [6, 6.07) is 89.7. The van der Waals surface area contributed by atoms with Crippen LogP contribution in [0.25, 0.3) is 99.1 Å². The van der Waals surface area contributed by atoms with Crippen molar-refractivity contribution in [2.75, 3.05) is 4.90 Å². The molecule has 1 heterocycles. The van der Waals surface area contributed by atoms with Gasteiger partial charge in [0.25, 0.3) is 0 Å². The molecule has 0 atom stereocenters. The minimum absolute atomic E-state index is 0.898. The fourth-order valence-electron chi connectivity index (χ4n) is 9.63. The Morgan fingerprint density at radius 2 is 0.797 bits per heavy atom. The highest BCUT2D eigenvalue weighted by molar-refractivity contribution is 6.10. The van der Waals surface area contributed by atoms with Gasteiger partial charge in [-0.2, -0.15) is 0 Å². The van der Waals surface area contributed by atoms with Gasteiger partial charge in [-0.1, -0.05) is 206 Å². The average Bonchev–Trinajstić information content (AvgIpc) is 3.76. The normalized spacial score (nSPS) is 11.4. The Morgan fingerprint density at radius 3 is 1.56 bits per heavy atom. The molecule has 300 valence electrons. The van der Waals surface area contributed by atoms with Gasteiger partial charge < -0.3 is 9.32 Å². The molecular formula is C62H41NO. The molecule has 64 heavy (non-hydrogen) atoms. The van der Waals surface area contributed by atoms with Gasteiger partial charge in [-0.25, -0.2) is 0 Å². The molecule has 0 bridgehead atoms. The van der Waals surface area contributed by atoms with Gasteiger partial charge in [0.05, 0.1) is 5.69 Å². The number of hydrogen-bond acceptors (Lipinski definition) is 2. The zero-order valence-corrected chi connectivity index (χ0v) is 35.0. The van der Waals surface area contributed by atoms with Crippen LogP contribution >= 0.6 is 0 Å². The largest absolute Gasteiger partial charge is 0.455 e. The second kappa shape index (κ2) is 15.8. The van der Waals surface area contributed by atoms with Crippen LogP contribution in [0.3, 0.4) is 0 Å². The third-order valence-corrected chi connectivity index (χ3v) is 12.7. The lowest BCUT2D eigenvalue weighted by atomic mass is 9.87. The van der Waals surface area contributed by atoms with E-state index >= 15 is 0 Å². The van der Waals surface area contributed by atoms with Crippen molar-refractivity contribution in [1.29, 1.82) is 0 Å². The van der Waals surface area contributed by atoms with Crippen molar-refractivity contribution in [1.82, 2.24) is 0 Å². The minimum atomic E-state index is 0.898. The molecule has 2 heteroatoms. The summed E-state index contributed by atoms with van der Waals surface area (Å²) in [6.07, 6.45) is 0. The molecule has 2 nitrogen and oxygen atoms in total. The number of anilines is 3. The van der Waals surface area contributed by atoms with E-state index in [-0.39, 0.29) is 0 Å². The highest BCUT2D eigenvalue weighted by Gasteiger charge is 2.23. The van der Waals surface area contributed by atoms with E-state index in [1.807, 2.05) is 12.1 Å². The van der Waals surface area contributed by atoms with Crippen molar-refractivity contribution in [3.05, 3.63) is 249 Å². The van der Waals surface area contributed by atoms with E-state index in [9.17, 15) is 0 Å². The topological polar surface area (TPSA) is 16.4 Å². The zero-order valence-electron chi connectivity index (χ0n) is 35.0. The number of benzene rings is 11. The van der Waals surface area contributed by atoms with E-state index in [4.69, 9.17) is 4.42 Å². The first-order valence-corrected chi connectivity index (χ1v) is 21.9. The maximum atomic E-state index is 6.50. The van der Waals surface area contributed by atoms with Gasteiger partial charge >= 0.3 is 0 Å². The van der Waals surface area contributed by atoms with Gasteiger partial charge in [-0.3, -0.25) is 0 Å². The smallest absolute Gasteiger partial charge is 0.143 e. The van der Waals surface area contributed by atoms with Crippen LogP contribution in [0, 0.1) is 0 Å². The third-order valence-electron chi connectivity index (χ3n) is 12.7. The van der Waals surface area contributed by atoms with E-state index in [1.165, 1.54) is 54.9 Å². The number of para-hydroxylation sites is 2. The fourth-order valence-corrected chi connectivity index (χ4v) is 9.63. The molecule has 0 unspecified atom stereocenters. The van der Waals surface area contributed by atoms with Crippen molar-refractivity contribution < 1.29 is 4.42 Å². The Balaban J connectivity index is 1.04. The summed E-state index contributed by atoms with van der Waals surface area (Å²) in [5.41, 5.74) is 16.5. The second-order valence-corrected chi connectivity index (χ2v) is 16.4. The predicted octanol–water partition coefficient (Wildman–Crippen LogP) is 17.7. The summed E-state index contributed by atoms with van der Waals surface area (Å²) in [7, 11) is 0. The molecule has 0 spiro atoms. The first-order valence-electron chi connectivity index (χ1n) is 21.9. The Labute approximate surface area is 372 Å². The monoisotopic (exact) mass is 815 g/mol. The molecular weight excluding hydrogens is 775 g/mol. The molecule has 0 aliphatic heterocycles. The zero-order chi connectivity index (χ0) is 42.4. The Kier molecular flexibility index (Phi) is 9.20. The SMILES string of the molecule is c1ccc(-c2ccccc2-c2c(-c3ccccc3)cccc2N(c2ccc(-c3ccc4c(ccc5ccccc54)c3)cc2)c2ccc(-c3cccc4c3oc3ccccc34)cc2)cc1. The van der Waals surface area contributed by atoms with E-state index in [2.05, 4.69) is 241 Å². The predicted molar refractivity (Wildman–Crippen MR) is 271 cm³/mol. The highest BCUT2D eigenvalue weighted by atomic mass is 16.3. The third kappa shape index (κ3) is 6.52. The Hall–Kier alpha value is -8.46. The van der Waals surface area contributed by atoms with Crippen molar-refractivity contribution >= 4 is 60.5 Å². The molecule has 0 saturated heterocycles. The summed E-state index contributed by atoms with van der Waals surface area (Å²) in [5.74, 6) is 0. The van der Waals surface area contributed by atoms with Crippen LogP contribution in [0.1, 0.15) is 0 Å².